The molecule has 41 heavy (non-hydrogen) atoms. The molecule has 9 heteroatoms. The van der Waals surface area contributed by atoms with Gasteiger partial charge in [-0.05, 0) is 24.2 Å². The third kappa shape index (κ3) is 4.93. The largest absolute Gasteiger partial charge is 0.361 e. The van der Waals surface area contributed by atoms with Gasteiger partial charge in [-0.25, -0.2) is 0 Å². The minimum Gasteiger partial charge on any atom is -0.361 e. The highest BCUT2D eigenvalue weighted by atomic mass is 32.1. The van der Waals surface area contributed by atoms with Crippen LogP contribution in [0.25, 0.3) is 61.0 Å². The third-order valence-corrected chi connectivity index (χ3v) is 15.4. The fourth-order valence-electron chi connectivity index (χ4n) is 5.64. The van der Waals surface area contributed by atoms with Crippen LogP contribution in [0.15, 0.2) is 48.5 Å². The van der Waals surface area contributed by atoms with Crippen LogP contribution in [0, 0.1) is 0 Å². The van der Waals surface area contributed by atoms with Crippen LogP contribution in [-0.2, 0) is 22.9 Å². The Kier molecular flexibility index (Phi) is 7.01. The second-order valence-corrected chi connectivity index (χ2v) is 27.9. The second-order valence-electron chi connectivity index (χ2n) is 13.6. The first kappa shape index (κ1) is 27.8. The summed E-state index contributed by atoms with van der Waals surface area (Å²) in [6.45, 7) is 17.4. The lowest BCUT2D eigenvalue weighted by atomic mass is 10.2. The van der Waals surface area contributed by atoms with Gasteiger partial charge in [0.15, 0.2) is 0 Å². The maximum atomic E-state index is 6.34. The van der Waals surface area contributed by atoms with Gasteiger partial charge < -0.3 is 18.6 Å². The van der Waals surface area contributed by atoms with Crippen molar-refractivity contribution in [3.8, 4) is 0 Å². The number of fused-ring (bicyclic) bond motifs is 11. The zero-order chi connectivity index (χ0) is 28.5. The second kappa shape index (κ2) is 10.3. The highest BCUT2D eigenvalue weighted by molar-refractivity contribution is 7.43. The van der Waals surface area contributed by atoms with E-state index in [1.54, 1.807) is 0 Å². The molecule has 0 amide bonds. The van der Waals surface area contributed by atoms with Gasteiger partial charge in [-0.1, -0.05) is 75.7 Å². The molecule has 0 saturated heterocycles. The molecular weight excluding hydrogens is 597 g/mol. The van der Waals surface area contributed by atoms with Gasteiger partial charge in [0.1, 0.15) is 13.5 Å². The number of nitrogens with zero attached hydrogens (tertiary/aromatic N) is 2. The van der Waals surface area contributed by atoms with E-state index in [1.807, 2.05) is 34.0 Å². The summed E-state index contributed by atoms with van der Waals surface area (Å²) in [7, 11) is -2.28. The van der Waals surface area contributed by atoms with Crippen LogP contribution in [0.2, 0.25) is 51.4 Å². The van der Waals surface area contributed by atoms with E-state index in [1.165, 1.54) is 73.1 Å². The number of hydrogen-bond acceptors (Lipinski definition) is 5. The predicted molar refractivity (Wildman–Crippen MR) is 189 cm³/mol. The summed E-state index contributed by atoms with van der Waals surface area (Å²) in [4.78, 5) is 0. The van der Waals surface area contributed by atoms with Gasteiger partial charge in [0.25, 0.3) is 0 Å². The highest BCUT2D eigenvalue weighted by Crippen LogP contribution is 2.53. The quantitative estimate of drug-likeness (QED) is 0.111. The molecule has 0 N–H and O–H groups in total. The lowest BCUT2D eigenvalue weighted by Gasteiger charge is -2.16. The van der Waals surface area contributed by atoms with Gasteiger partial charge in [-0.2, -0.15) is 0 Å². The number of thiophene rings is 3. The smallest absolute Gasteiger partial charge is 0.123 e. The zero-order valence-corrected chi connectivity index (χ0v) is 29.2. The van der Waals surface area contributed by atoms with E-state index < -0.39 is 16.1 Å². The van der Waals surface area contributed by atoms with Crippen LogP contribution in [0.4, 0.5) is 0 Å². The summed E-state index contributed by atoms with van der Waals surface area (Å²) in [6.07, 6.45) is 0. The number of benzene rings is 2. The lowest BCUT2D eigenvalue weighted by Crippen LogP contribution is -2.22. The van der Waals surface area contributed by atoms with E-state index in [0.717, 1.165) is 13.2 Å². The van der Waals surface area contributed by atoms with Crippen LogP contribution in [0.3, 0.4) is 0 Å². The van der Waals surface area contributed by atoms with Crippen molar-refractivity contribution in [3.05, 3.63) is 48.5 Å². The molecule has 0 fully saturated rings. The molecule has 0 aliphatic carbocycles. The molecule has 0 aliphatic rings. The van der Waals surface area contributed by atoms with Crippen molar-refractivity contribution in [1.82, 2.24) is 9.13 Å². The molecule has 2 aromatic carbocycles. The SMILES string of the molecule is C[Si](C)(C)CCOCn1c2ccccc2c2sc3c4sc5c6ccccc6n(COCC[Si](C)(C)C)c5c4sc3c21. The number of rotatable bonds is 10. The van der Waals surface area contributed by atoms with Crippen molar-refractivity contribution in [2.45, 2.75) is 64.8 Å². The highest BCUT2D eigenvalue weighted by Gasteiger charge is 2.25. The van der Waals surface area contributed by atoms with Crippen LogP contribution in [0.1, 0.15) is 0 Å². The van der Waals surface area contributed by atoms with Crippen molar-refractivity contribution >= 4 is 111 Å². The Bertz CT molecular complexity index is 1900. The van der Waals surface area contributed by atoms with Crippen LogP contribution in [0.5, 0.6) is 0 Å². The van der Waals surface area contributed by atoms with E-state index in [4.69, 9.17) is 9.47 Å². The van der Waals surface area contributed by atoms with Crippen molar-refractivity contribution in [2.75, 3.05) is 13.2 Å². The predicted octanol–water partition coefficient (Wildman–Crippen LogP) is 11.0. The minimum absolute atomic E-state index is 0.604. The average molecular weight is 635 g/mol. The maximum absolute atomic E-state index is 6.34. The van der Waals surface area contributed by atoms with Gasteiger partial charge in [-0.15, -0.1) is 34.0 Å². The average Bonchev–Trinajstić information content (AvgIpc) is 3.67. The molecule has 0 saturated carbocycles. The number of hydrogen-bond donors (Lipinski definition) is 0. The summed E-state index contributed by atoms with van der Waals surface area (Å²) < 4.78 is 26.0. The fraction of sp³-hybridized carbons (Fsp3) is 0.375. The van der Waals surface area contributed by atoms with E-state index >= 15 is 0 Å². The first-order valence-corrected chi connectivity index (χ1v) is 24.4. The molecule has 7 aromatic rings. The summed E-state index contributed by atoms with van der Waals surface area (Å²) in [5, 5.41) is 2.68. The summed E-state index contributed by atoms with van der Waals surface area (Å²) in [5.41, 5.74) is 5.23. The van der Waals surface area contributed by atoms with E-state index in [0.29, 0.717) is 13.5 Å². The molecule has 0 atom stereocenters. The minimum atomic E-state index is -1.14. The molecule has 0 bridgehead atoms. The van der Waals surface area contributed by atoms with E-state index in [2.05, 4.69) is 96.9 Å². The van der Waals surface area contributed by atoms with Crippen molar-refractivity contribution in [1.29, 1.82) is 0 Å². The molecule has 0 aliphatic heterocycles. The molecule has 0 unspecified atom stereocenters. The summed E-state index contributed by atoms with van der Waals surface area (Å²) in [5.74, 6) is 0. The van der Waals surface area contributed by atoms with Gasteiger partial charge in [0.2, 0.25) is 0 Å². The van der Waals surface area contributed by atoms with E-state index in [9.17, 15) is 0 Å². The molecule has 5 aromatic heterocycles. The Morgan fingerprint density at radius 3 is 1.34 bits per heavy atom. The first-order valence-electron chi connectivity index (χ1n) is 14.5. The summed E-state index contributed by atoms with van der Waals surface area (Å²) >= 11 is 5.88. The zero-order valence-electron chi connectivity index (χ0n) is 24.8. The molecule has 214 valence electrons. The monoisotopic (exact) mass is 634 g/mol. The molecule has 7 rings (SSSR count). The van der Waals surface area contributed by atoms with Gasteiger partial charge in [0, 0.05) is 40.1 Å². The lowest BCUT2D eigenvalue weighted by molar-refractivity contribution is 0.0930. The Morgan fingerprint density at radius 1 is 0.537 bits per heavy atom. The topological polar surface area (TPSA) is 28.3 Å². The molecule has 0 spiro atoms. The number of ether oxygens (including phenoxy) is 2. The summed E-state index contributed by atoms with van der Waals surface area (Å²) in [6, 6.07) is 20.1. The third-order valence-electron chi connectivity index (χ3n) is 7.94. The van der Waals surface area contributed by atoms with Crippen molar-refractivity contribution in [2.24, 2.45) is 0 Å². The Labute approximate surface area is 255 Å². The number of para-hydroxylation sites is 2. The Hall–Kier alpha value is -1.99. The van der Waals surface area contributed by atoms with Gasteiger partial charge in [0.05, 0.1) is 50.3 Å². The molecule has 5 heterocycles. The molecule has 4 nitrogen and oxygen atoms in total. The molecular formula is C32H38N2O2S3Si2. The van der Waals surface area contributed by atoms with Gasteiger partial charge >= 0.3 is 0 Å². The maximum Gasteiger partial charge on any atom is 0.123 e. The standard InChI is InChI=1S/C32H38N2O2S3Si2/c1-40(2,3)17-15-35-19-33-23-13-9-7-11-21(23)27-25(33)29-31(37-27)32-30(39-29)26-28(38-32)22-12-8-10-14-24(22)34(26)20-36-16-18-41(4,5)6/h7-14H,15-20H2,1-6H3. The van der Waals surface area contributed by atoms with Crippen LogP contribution >= 0.6 is 34.0 Å². The fourth-order valence-corrected chi connectivity index (χ4v) is 11.7. The van der Waals surface area contributed by atoms with Crippen LogP contribution in [-0.4, -0.2) is 38.5 Å². The van der Waals surface area contributed by atoms with E-state index in [-0.39, 0.29) is 0 Å². The first-order chi connectivity index (χ1) is 19.6. The van der Waals surface area contributed by atoms with Crippen LogP contribution < -0.4 is 0 Å². The Morgan fingerprint density at radius 2 is 0.927 bits per heavy atom. The Balaban J connectivity index is 1.37. The van der Waals surface area contributed by atoms with Crippen molar-refractivity contribution in [3.63, 3.8) is 0 Å². The number of aromatic nitrogens is 2. The van der Waals surface area contributed by atoms with Crippen molar-refractivity contribution < 1.29 is 9.47 Å². The molecule has 0 radical (unpaired) electrons. The normalized spacial score (nSPS) is 13.4. The van der Waals surface area contributed by atoms with Gasteiger partial charge in [-0.3, -0.25) is 0 Å².